The van der Waals surface area contributed by atoms with Crippen LogP contribution in [0.3, 0.4) is 0 Å². The first-order chi connectivity index (χ1) is 14.5. The fourth-order valence-electron chi connectivity index (χ4n) is 4.83. The molecule has 1 aromatic heterocycles. The molecule has 0 bridgehead atoms. The fraction of sp³-hybridized carbons (Fsp3) is 0.708. The lowest BCUT2D eigenvalue weighted by atomic mass is 9.75. The molecule has 168 valence electrons. The number of rotatable bonds is 9. The van der Waals surface area contributed by atoms with E-state index in [9.17, 15) is 9.90 Å². The van der Waals surface area contributed by atoms with E-state index in [1.807, 2.05) is 19.9 Å². The summed E-state index contributed by atoms with van der Waals surface area (Å²) in [5, 5.41) is 9.98. The molecule has 1 aromatic rings. The van der Waals surface area contributed by atoms with Gasteiger partial charge in [-0.15, -0.1) is 11.3 Å². The maximum atomic E-state index is 12.2. The lowest BCUT2D eigenvalue weighted by Gasteiger charge is -2.36. The number of thiophene rings is 1. The van der Waals surface area contributed by atoms with Crippen molar-refractivity contribution in [2.45, 2.75) is 66.1 Å². The summed E-state index contributed by atoms with van der Waals surface area (Å²) >= 11 is 1.31. The predicted molar refractivity (Wildman–Crippen MR) is 122 cm³/mol. The van der Waals surface area contributed by atoms with E-state index in [1.54, 1.807) is 0 Å². The Morgan fingerprint density at radius 3 is 2.43 bits per heavy atom. The first-order valence-electron chi connectivity index (χ1n) is 11.5. The Morgan fingerprint density at radius 1 is 1.20 bits per heavy atom. The molecule has 2 heterocycles. The SMILES string of the molecule is CCOC(OCC)c1cc(C2=C(C3CCC(C)CC3)CN(CC)CC2)c(C(=O)O)s1. The van der Waals surface area contributed by atoms with Crippen molar-refractivity contribution in [3.8, 4) is 0 Å². The molecule has 2 aliphatic rings. The largest absolute Gasteiger partial charge is 0.477 e. The fourth-order valence-corrected chi connectivity index (χ4v) is 5.86. The number of carbonyl (C=O) groups is 1. The summed E-state index contributed by atoms with van der Waals surface area (Å²) in [7, 11) is 0. The Kier molecular flexibility index (Phi) is 8.52. The summed E-state index contributed by atoms with van der Waals surface area (Å²) in [4.78, 5) is 15.9. The third-order valence-corrected chi connectivity index (χ3v) is 7.70. The van der Waals surface area contributed by atoms with Gasteiger partial charge in [0, 0.05) is 31.9 Å². The Balaban J connectivity index is 2.03. The summed E-state index contributed by atoms with van der Waals surface area (Å²) in [5.74, 6) is 0.525. The van der Waals surface area contributed by atoms with Crippen LogP contribution >= 0.6 is 11.3 Å². The van der Waals surface area contributed by atoms with Crippen LogP contribution in [0.1, 0.15) is 86.2 Å². The lowest BCUT2D eigenvalue weighted by molar-refractivity contribution is -0.138. The van der Waals surface area contributed by atoms with Crippen LogP contribution in [0.5, 0.6) is 0 Å². The minimum atomic E-state index is -0.852. The standard InChI is InChI=1S/C24H37NO4S/c1-5-25-13-12-18(20(15-25)17-10-8-16(4)9-11-17)19-14-21(30-22(19)23(26)27)24(28-6-2)29-7-3/h14,16-17,24H,5-13,15H2,1-4H3,(H,26,27). The van der Waals surface area contributed by atoms with E-state index in [-0.39, 0.29) is 0 Å². The van der Waals surface area contributed by atoms with Crippen LogP contribution in [0.4, 0.5) is 0 Å². The highest BCUT2D eigenvalue weighted by molar-refractivity contribution is 7.14. The minimum Gasteiger partial charge on any atom is -0.477 e. The zero-order valence-corrected chi connectivity index (χ0v) is 19.7. The summed E-state index contributed by atoms with van der Waals surface area (Å²) in [5.41, 5.74) is 3.65. The molecule has 6 heteroatoms. The van der Waals surface area contributed by atoms with Crippen molar-refractivity contribution in [3.63, 3.8) is 0 Å². The van der Waals surface area contributed by atoms with Crippen molar-refractivity contribution >= 4 is 22.9 Å². The molecule has 1 fully saturated rings. The second-order valence-electron chi connectivity index (χ2n) is 8.52. The molecule has 5 nitrogen and oxygen atoms in total. The number of hydrogen-bond donors (Lipinski definition) is 1. The molecule has 1 saturated carbocycles. The van der Waals surface area contributed by atoms with Gasteiger partial charge in [0.25, 0.3) is 0 Å². The van der Waals surface area contributed by atoms with Crippen molar-refractivity contribution in [2.24, 2.45) is 11.8 Å². The lowest BCUT2D eigenvalue weighted by Crippen LogP contribution is -2.34. The van der Waals surface area contributed by atoms with Crippen molar-refractivity contribution in [2.75, 3.05) is 32.8 Å². The van der Waals surface area contributed by atoms with Gasteiger partial charge in [-0.05, 0) is 68.7 Å². The summed E-state index contributed by atoms with van der Waals surface area (Å²) < 4.78 is 11.5. The number of aromatic carboxylic acids is 1. The molecule has 0 aromatic carbocycles. The van der Waals surface area contributed by atoms with Gasteiger partial charge in [0.15, 0.2) is 6.29 Å². The first kappa shape index (κ1) is 23.5. The molecule has 0 saturated heterocycles. The number of ether oxygens (including phenoxy) is 2. The van der Waals surface area contributed by atoms with E-state index >= 15 is 0 Å². The highest BCUT2D eigenvalue weighted by Crippen LogP contribution is 2.43. The van der Waals surface area contributed by atoms with E-state index in [0.717, 1.165) is 42.4 Å². The number of likely N-dealkylation sites (N-methyl/N-ethyl adjacent to an activating group) is 1. The van der Waals surface area contributed by atoms with Gasteiger partial charge < -0.3 is 14.6 Å². The second-order valence-corrected chi connectivity index (χ2v) is 9.60. The Morgan fingerprint density at radius 2 is 1.87 bits per heavy atom. The highest BCUT2D eigenvalue weighted by atomic mass is 32.1. The van der Waals surface area contributed by atoms with Crippen LogP contribution in [-0.2, 0) is 9.47 Å². The Hall–Kier alpha value is -1.21. The van der Waals surface area contributed by atoms with Crippen LogP contribution in [-0.4, -0.2) is 48.8 Å². The molecular formula is C24H37NO4S. The topological polar surface area (TPSA) is 59.0 Å². The number of carboxylic acid groups (broad SMARTS) is 1. The quantitative estimate of drug-likeness (QED) is 0.495. The predicted octanol–water partition coefficient (Wildman–Crippen LogP) is 5.82. The number of nitrogens with zero attached hydrogens (tertiary/aromatic N) is 1. The van der Waals surface area contributed by atoms with Gasteiger partial charge in [0.2, 0.25) is 0 Å². The van der Waals surface area contributed by atoms with Gasteiger partial charge in [0.1, 0.15) is 4.88 Å². The molecule has 0 radical (unpaired) electrons. The van der Waals surface area contributed by atoms with Crippen molar-refractivity contribution < 1.29 is 19.4 Å². The molecule has 1 aliphatic heterocycles. The van der Waals surface area contributed by atoms with E-state index < -0.39 is 12.3 Å². The van der Waals surface area contributed by atoms with Crippen molar-refractivity contribution in [1.29, 1.82) is 0 Å². The van der Waals surface area contributed by atoms with Gasteiger partial charge >= 0.3 is 5.97 Å². The van der Waals surface area contributed by atoms with Crippen molar-refractivity contribution in [1.82, 2.24) is 4.90 Å². The van der Waals surface area contributed by atoms with E-state index in [1.165, 1.54) is 48.2 Å². The Bertz CT molecular complexity index is 742. The maximum absolute atomic E-state index is 12.2. The molecule has 1 aliphatic carbocycles. The molecular weight excluding hydrogens is 398 g/mol. The zero-order chi connectivity index (χ0) is 21.7. The van der Waals surface area contributed by atoms with Gasteiger partial charge in [0.05, 0.1) is 4.88 Å². The summed E-state index contributed by atoms with van der Waals surface area (Å²) in [6.07, 6.45) is 5.40. The Labute approximate surface area is 185 Å². The van der Waals surface area contributed by atoms with Crippen LogP contribution in [0.2, 0.25) is 0 Å². The number of carboxylic acids is 1. The van der Waals surface area contributed by atoms with Gasteiger partial charge in [-0.25, -0.2) is 4.79 Å². The smallest absolute Gasteiger partial charge is 0.346 e. The third kappa shape index (κ3) is 5.34. The average molecular weight is 436 g/mol. The first-order valence-corrected chi connectivity index (χ1v) is 12.3. The highest BCUT2D eigenvalue weighted by Gasteiger charge is 2.31. The van der Waals surface area contributed by atoms with Gasteiger partial charge in [-0.3, -0.25) is 4.90 Å². The van der Waals surface area contributed by atoms with Crippen LogP contribution in [0, 0.1) is 11.8 Å². The molecule has 3 rings (SSSR count). The monoisotopic (exact) mass is 435 g/mol. The number of hydrogen-bond acceptors (Lipinski definition) is 5. The molecule has 0 atom stereocenters. The normalized spacial score (nSPS) is 23.4. The molecule has 1 N–H and O–H groups in total. The van der Waals surface area contributed by atoms with E-state index in [2.05, 4.69) is 18.7 Å². The summed E-state index contributed by atoms with van der Waals surface area (Å²) in [6, 6.07) is 2.03. The minimum absolute atomic E-state index is 0.427. The van der Waals surface area contributed by atoms with Gasteiger partial charge in [-0.1, -0.05) is 26.7 Å². The molecule has 30 heavy (non-hydrogen) atoms. The van der Waals surface area contributed by atoms with Crippen molar-refractivity contribution in [3.05, 3.63) is 27.0 Å². The van der Waals surface area contributed by atoms with Crippen LogP contribution < -0.4 is 0 Å². The maximum Gasteiger partial charge on any atom is 0.346 e. The van der Waals surface area contributed by atoms with Crippen LogP contribution in [0.25, 0.3) is 5.57 Å². The third-order valence-electron chi connectivity index (χ3n) is 6.55. The van der Waals surface area contributed by atoms with Gasteiger partial charge in [-0.2, -0.15) is 0 Å². The average Bonchev–Trinajstić information content (AvgIpc) is 3.19. The summed E-state index contributed by atoms with van der Waals surface area (Å²) in [6.45, 7) is 12.5. The van der Waals surface area contributed by atoms with Crippen LogP contribution in [0.15, 0.2) is 11.6 Å². The van der Waals surface area contributed by atoms with E-state index in [4.69, 9.17) is 9.47 Å². The second kappa shape index (κ2) is 10.9. The molecule has 0 unspecified atom stereocenters. The molecule has 0 spiro atoms. The van der Waals surface area contributed by atoms with E-state index in [0.29, 0.717) is 24.0 Å². The zero-order valence-electron chi connectivity index (χ0n) is 18.9. The molecule has 0 amide bonds.